The Kier molecular flexibility index (Phi) is 3.33. The average molecular weight is 317 g/mol. The van der Waals surface area contributed by atoms with Gasteiger partial charge < -0.3 is 0 Å². The van der Waals surface area contributed by atoms with Crippen molar-refractivity contribution in [3.8, 4) is 28.7 Å². The minimum absolute atomic E-state index is 0.287. The summed E-state index contributed by atoms with van der Waals surface area (Å²) in [5, 5.41) is 11.3. The molecule has 0 bridgehead atoms. The maximum absolute atomic E-state index is 9.25. The molecular formula is C17H11N5S. The highest BCUT2D eigenvalue weighted by Gasteiger charge is 2.18. The SMILES string of the molecule is N#CCc1c(-c2ccncc2)nc2scc(-c3ccccn3)n12. The summed E-state index contributed by atoms with van der Waals surface area (Å²) in [6.07, 6.45) is 5.52. The van der Waals surface area contributed by atoms with Crippen molar-refractivity contribution in [2.45, 2.75) is 6.42 Å². The molecule has 0 unspecified atom stereocenters. The minimum Gasteiger partial charge on any atom is -0.284 e. The van der Waals surface area contributed by atoms with Gasteiger partial charge in [0.25, 0.3) is 0 Å². The number of aromatic nitrogens is 4. The van der Waals surface area contributed by atoms with Gasteiger partial charge in [-0.25, -0.2) is 4.98 Å². The van der Waals surface area contributed by atoms with Gasteiger partial charge in [-0.15, -0.1) is 11.3 Å². The van der Waals surface area contributed by atoms with E-state index in [1.165, 1.54) is 0 Å². The first kappa shape index (κ1) is 13.6. The fourth-order valence-corrected chi connectivity index (χ4v) is 3.49. The van der Waals surface area contributed by atoms with Gasteiger partial charge >= 0.3 is 0 Å². The lowest BCUT2D eigenvalue weighted by molar-refractivity contribution is 1.07. The lowest BCUT2D eigenvalue weighted by atomic mass is 10.1. The number of thiazole rings is 1. The molecule has 4 aromatic heterocycles. The van der Waals surface area contributed by atoms with Gasteiger partial charge in [-0.3, -0.25) is 14.4 Å². The van der Waals surface area contributed by atoms with E-state index in [1.54, 1.807) is 29.9 Å². The molecule has 0 N–H and O–H groups in total. The maximum atomic E-state index is 9.25. The molecule has 4 rings (SSSR count). The van der Waals surface area contributed by atoms with E-state index in [1.807, 2.05) is 40.1 Å². The highest BCUT2D eigenvalue weighted by Crippen LogP contribution is 2.32. The molecule has 0 radical (unpaired) electrons. The van der Waals surface area contributed by atoms with Crippen molar-refractivity contribution in [1.82, 2.24) is 19.4 Å². The second kappa shape index (κ2) is 5.63. The van der Waals surface area contributed by atoms with Crippen LogP contribution in [0.2, 0.25) is 0 Å². The molecule has 0 fully saturated rings. The number of nitriles is 1. The standard InChI is InChI=1S/C17H11N5S/c18-7-4-14-16(12-5-9-19-10-6-12)21-17-22(14)15(11-23-17)13-3-1-2-8-20-13/h1-3,5-6,8-11H,4H2. The van der Waals surface area contributed by atoms with Gasteiger partial charge in [-0.2, -0.15) is 5.26 Å². The van der Waals surface area contributed by atoms with Crippen molar-refractivity contribution < 1.29 is 0 Å². The zero-order chi connectivity index (χ0) is 15.6. The van der Waals surface area contributed by atoms with Crippen molar-refractivity contribution >= 4 is 16.3 Å². The molecule has 0 atom stereocenters. The zero-order valence-corrected chi connectivity index (χ0v) is 12.9. The van der Waals surface area contributed by atoms with Crippen LogP contribution in [-0.2, 0) is 6.42 Å². The molecule has 5 nitrogen and oxygen atoms in total. The third-order valence-corrected chi connectivity index (χ3v) is 4.41. The summed E-state index contributed by atoms with van der Waals surface area (Å²) in [6.45, 7) is 0. The van der Waals surface area contributed by atoms with Gasteiger partial charge in [-0.05, 0) is 24.3 Å². The van der Waals surface area contributed by atoms with Crippen LogP contribution < -0.4 is 0 Å². The molecule has 0 aromatic carbocycles. The third kappa shape index (κ3) is 2.28. The number of hydrogen-bond donors (Lipinski definition) is 0. The Morgan fingerprint density at radius 3 is 2.74 bits per heavy atom. The van der Waals surface area contributed by atoms with Crippen molar-refractivity contribution in [3.63, 3.8) is 0 Å². The van der Waals surface area contributed by atoms with E-state index in [9.17, 15) is 5.26 Å². The normalized spacial score (nSPS) is 10.7. The molecule has 110 valence electrons. The highest BCUT2D eigenvalue weighted by molar-refractivity contribution is 7.15. The van der Waals surface area contributed by atoms with Crippen LogP contribution in [0.4, 0.5) is 0 Å². The van der Waals surface area contributed by atoms with Crippen LogP contribution in [0, 0.1) is 11.3 Å². The van der Waals surface area contributed by atoms with Gasteiger partial charge in [0.1, 0.15) is 0 Å². The largest absolute Gasteiger partial charge is 0.284 e. The molecule has 0 spiro atoms. The van der Waals surface area contributed by atoms with E-state index in [-0.39, 0.29) is 6.42 Å². The summed E-state index contributed by atoms with van der Waals surface area (Å²) in [5.41, 5.74) is 4.52. The maximum Gasteiger partial charge on any atom is 0.195 e. The van der Waals surface area contributed by atoms with Crippen LogP contribution in [0.15, 0.2) is 54.3 Å². The Balaban J connectivity index is 1.99. The second-order valence-corrected chi connectivity index (χ2v) is 5.77. The quantitative estimate of drug-likeness (QED) is 0.579. The van der Waals surface area contributed by atoms with E-state index < -0.39 is 0 Å². The van der Waals surface area contributed by atoms with Crippen LogP contribution in [0.1, 0.15) is 5.69 Å². The Morgan fingerprint density at radius 1 is 1.13 bits per heavy atom. The molecule has 4 aromatic rings. The molecule has 0 saturated heterocycles. The van der Waals surface area contributed by atoms with E-state index in [0.717, 1.165) is 33.3 Å². The first-order chi connectivity index (χ1) is 11.4. The lowest BCUT2D eigenvalue weighted by Gasteiger charge is -2.03. The third-order valence-electron chi connectivity index (χ3n) is 3.59. The first-order valence-corrected chi connectivity index (χ1v) is 7.94. The molecule has 0 aliphatic carbocycles. The summed E-state index contributed by atoms with van der Waals surface area (Å²) >= 11 is 1.55. The zero-order valence-electron chi connectivity index (χ0n) is 12.0. The van der Waals surface area contributed by atoms with Gasteiger partial charge in [0.15, 0.2) is 4.96 Å². The van der Waals surface area contributed by atoms with Gasteiger partial charge in [0, 0.05) is 29.5 Å². The molecule has 23 heavy (non-hydrogen) atoms. The Morgan fingerprint density at radius 2 is 2.00 bits per heavy atom. The Bertz CT molecular complexity index is 996. The lowest BCUT2D eigenvalue weighted by Crippen LogP contribution is -1.96. The summed E-state index contributed by atoms with van der Waals surface area (Å²) in [4.78, 5) is 14.1. The van der Waals surface area contributed by atoms with Crippen LogP contribution >= 0.6 is 11.3 Å². The summed E-state index contributed by atoms with van der Waals surface area (Å²) < 4.78 is 2.03. The fraction of sp³-hybridized carbons (Fsp3) is 0.0588. The molecule has 0 amide bonds. The fourth-order valence-electron chi connectivity index (χ4n) is 2.59. The molecule has 0 aliphatic heterocycles. The van der Waals surface area contributed by atoms with Gasteiger partial charge in [0.05, 0.1) is 35.3 Å². The van der Waals surface area contributed by atoms with E-state index in [0.29, 0.717) is 0 Å². The van der Waals surface area contributed by atoms with Gasteiger partial charge in [-0.1, -0.05) is 6.07 Å². The van der Waals surface area contributed by atoms with Crippen molar-refractivity contribution in [2.24, 2.45) is 0 Å². The highest BCUT2D eigenvalue weighted by atomic mass is 32.1. The topological polar surface area (TPSA) is 66.9 Å². The molecule has 6 heteroatoms. The van der Waals surface area contributed by atoms with E-state index in [2.05, 4.69) is 16.0 Å². The van der Waals surface area contributed by atoms with Crippen LogP contribution in [0.3, 0.4) is 0 Å². The predicted molar refractivity (Wildman–Crippen MR) is 88.8 cm³/mol. The van der Waals surface area contributed by atoms with Crippen LogP contribution in [-0.4, -0.2) is 19.4 Å². The van der Waals surface area contributed by atoms with Gasteiger partial charge in [0.2, 0.25) is 0 Å². The number of imidazole rings is 1. The summed E-state index contributed by atoms with van der Waals surface area (Å²) in [6, 6.07) is 11.9. The van der Waals surface area contributed by atoms with Crippen molar-refractivity contribution in [1.29, 1.82) is 5.26 Å². The molecule has 4 heterocycles. The first-order valence-electron chi connectivity index (χ1n) is 7.06. The summed E-state index contributed by atoms with van der Waals surface area (Å²) in [7, 11) is 0. The average Bonchev–Trinajstić information content (AvgIpc) is 3.17. The number of hydrogen-bond acceptors (Lipinski definition) is 5. The van der Waals surface area contributed by atoms with Crippen LogP contribution in [0.25, 0.3) is 27.6 Å². The van der Waals surface area contributed by atoms with Crippen molar-refractivity contribution in [2.75, 3.05) is 0 Å². The monoisotopic (exact) mass is 317 g/mol. The predicted octanol–water partition coefficient (Wildman–Crippen LogP) is 3.59. The molecular weight excluding hydrogens is 306 g/mol. The van der Waals surface area contributed by atoms with E-state index in [4.69, 9.17) is 4.98 Å². The van der Waals surface area contributed by atoms with E-state index >= 15 is 0 Å². The number of pyridine rings is 2. The number of nitrogens with zero attached hydrogens (tertiary/aromatic N) is 5. The second-order valence-electron chi connectivity index (χ2n) is 4.93. The Hall–Kier alpha value is -3.04. The number of fused-ring (bicyclic) bond motifs is 1. The summed E-state index contributed by atoms with van der Waals surface area (Å²) in [5.74, 6) is 0. The molecule has 0 aliphatic rings. The minimum atomic E-state index is 0.287. The number of rotatable bonds is 3. The molecule has 0 saturated carbocycles. The van der Waals surface area contributed by atoms with Crippen molar-refractivity contribution in [3.05, 3.63) is 60.0 Å². The van der Waals surface area contributed by atoms with Crippen LogP contribution in [0.5, 0.6) is 0 Å². The Labute approximate surface area is 136 Å². The smallest absolute Gasteiger partial charge is 0.195 e.